The molecule has 2 atom stereocenters. The van der Waals surface area contributed by atoms with E-state index in [1.165, 1.54) is 0 Å². The standard InChI is InChI=1S/C16H32N2O3/c1-15(2)13(14(20)16(3,4)21-15)12-18-7-5-6-17(8-9-18)10-11-19/h13-14,19-20H,5-12H2,1-4H3. The van der Waals surface area contributed by atoms with Gasteiger partial charge >= 0.3 is 0 Å². The van der Waals surface area contributed by atoms with Crippen molar-refractivity contribution in [1.82, 2.24) is 9.80 Å². The van der Waals surface area contributed by atoms with Crippen molar-refractivity contribution in [2.45, 2.75) is 51.4 Å². The van der Waals surface area contributed by atoms with Gasteiger partial charge in [0.15, 0.2) is 0 Å². The summed E-state index contributed by atoms with van der Waals surface area (Å²) >= 11 is 0. The molecule has 0 radical (unpaired) electrons. The van der Waals surface area contributed by atoms with Crippen LogP contribution in [0.2, 0.25) is 0 Å². The fraction of sp³-hybridized carbons (Fsp3) is 1.00. The molecule has 0 saturated carbocycles. The monoisotopic (exact) mass is 300 g/mol. The fourth-order valence-electron chi connectivity index (χ4n) is 3.85. The summed E-state index contributed by atoms with van der Waals surface area (Å²) in [4.78, 5) is 4.76. The van der Waals surface area contributed by atoms with E-state index in [-0.39, 0.29) is 18.1 Å². The molecule has 0 aromatic heterocycles. The molecule has 2 unspecified atom stereocenters. The second-order valence-corrected chi connectivity index (χ2v) is 7.58. The second kappa shape index (κ2) is 6.50. The molecule has 2 fully saturated rings. The summed E-state index contributed by atoms with van der Waals surface area (Å²) in [5, 5.41) is 19.7. The van der Waals surface area contributed by atoms with Crippen molar-refractivity contribution in [1.29, 1.82) is 0 Å². The lowest BCUT2D eigenvalue weighted by atomic mass is 9.84. The SMILES string of the molecule is CC1(C)OC(C)(C)C(CN2CCCN(CCO)CC2)C1O. The van der Waals surface area contributed by atoms with Gasteiger partial charge in [-0.2, -0.15) is 0 Å². The Morgan fingerprint density at radius 3 is 2.19 bits per heavy atom. The lowest BCUT2D eigenvalue weighted by Crippen LogP contribution is -2.44. The number of β-amino-alcohol motifs (C(OH)–C–C–N with tert-alkyl or cyclic N) is 1. The first-order valence-electron chi connectivity index (χ1n) is 8.20. The molecule has 0 spiro atoms. The molecule has 2 N–H and O–H groups in total. The number of nitrogens with zero attached hydrogens (tertiary/aromatic N) is 2. The summed E-state index contributed by atoms with van der Waals surface area (Å²) in [5.74, 6) is 0.136. The van der Waals surface area contributed by atoms with Crippen molar-refractivity contribution in [3.8, 4) is 0 Å². The number of hydrogen-bond acceptors (Lipinski definition) is 5. The Kier molecular flexibility index (Phi) is 5.31. The van der Waals surface area contributed by atoms with Crippen LogP contribution >= 0.6 is 0 Å². The van der Waals surface area contributed by atoms with Crippen molar-refractivity contribution >= 4 is 0 Å². The number of ether oxygens (including phenoxy) is 1. The highest BCUT2D eigenvalue weighted by atomic mass is 16.5. The Hall–Kier alpha value is -0.200. The molecule has 2 heterocycles. The Balaban J connectivity index is 1.95. The van der Waals surface area contributed by atoms with Crippen molar-refractivity contribution in [3.63, 3.8) is 0 Å². The minimum atomic E-state index is -0.469. The van der Waals surface area contributed by atoms with Gasteiger partial charge in [0.2, 0.25) is 0 Å². The van der Waals surface area contributed by atoms with Crippen LogP contribution in [0, 0.1) is 5.92 Å². The predicted molar refractivity (Wildman–Crippen MR) is 83.3 cm³/mol. The van der Waals surface area contributed by atoms with Gasteiger partial charge in [-0.1, -0.05) is 0 Å². The maximum absolute atomic E-state index is 10.6. The van der Waals surface area contributed by atoms with Gasteiger partial charge in [-0.05, 0) is 47.2 Å². The van der Waals surface area contributed by atoms with E-state index in [1.807, 2.05) is 13.8 Å². The highest BCUT2D eigenvalue weighted by Gasteiger charge is 2.53. The fourth-order valence-corrected chi connectivity index (χ4v) is 3.85. The quantitative estimate of drug-likeness (QED) is 0.794. The lowest BCUT2D eigenvalue weighted by molar-refractivity contribution is -0.0913. The molecule has 124 valence electrons. The first kappa shape index (κ1) is 17.2. The van der Waals surface area contributed by atoms with E-state index < -0.39 is 11.7 Å². The van der Waals surface area contributed by atoms with Crippen LogP contribution in [0.5, 0.6) is 0 Å². The third-order valence-corrected chi connectivity index (χ3v) is 5.06. The summed E-state index contributed by atoms with van der Waals surface area (Å²) in [6.07, 6.45) is 0.692. The predicted octanol–water partition coefficient (Wildman–Crippen LogP) is 0.551. The van der Waals surface area contributed by atoms with Gasteiger partial charge in [0.25, 0.3) is 0 Å². The Morgan fingerprint density at radius 2 is 1.62 bits per heavy atom. The van der Waals surface area contributed by atoms with Gasteiger partial charge in [-0.15, -0.1) is 0 Å². The van der Waals surface area contributed by atoms with E-state index in [0.29, 0.717) is 0 Å². The third kappa shape index (κ3) is 3.96. The van der Waals surface area contributed by atoms with Crippen LogP contribution in [0.25, 0.3) is 0 Å². The van der Waals surface area contributed by atoms with Crippen LogP contribution < -0.4 is 0 Å². The van der Waals surface area contributed by atoms with Gasteiger partial charge < -0.3 is 19.8 Å². The van der Waals surface area contributed by atoms with Gasteiger partial charge in [0, 0.05) is 32.1 Å². The molecule has 5 nitrogen and oxygen atoms in total. The zero-order chi connectivity index (χ0) is 15.7. The molecular formula is C16H32N2O3. The molecule has 0 aliphatic carbocycles. The van der Waals surface area contributed by atoms with Crippen molar-refractivity contribution in [2.75, 3.05) is 45.9 Å². The zero-order valence-electron chi connectivity index (χ0n) is 14.0. The highest BCUT2D eigenvalue weighted by molar-refractivity contribution is 5.02. The molecule has 0 aromatic carbocycles. The molecule has 0 bridgehead atoms. The maximum atomic E-state index is 10.6. The number of aliphatic hydroxyl groups excluding tert-OH is 2. The van der Waals surface area contributed by atoms with Crippen molar-refractivity contribution in [3.05, 3.63) is 0 Å². The van der Waals surface area contributed by atoms with Crippen LogP contribution in [0.4, 0.5) is 0 Å². The summed E-state index contributed by atoms with van der Waals surface area (Å²) in [7, 11) is 0. The Labute approximate surface area is 128 Å². The van der Waals surface area contributed by atoms with Gasteiger partial charge in [0.05, 0.1) is 23.9 Å². The Bertz CT molecular complexity index is 346. The van der Waals surface area contributed by atoms with E-state index in [1.54, 1.807) is 0 Å². The molecule has 21 heavy (non-hydrogen) atoms. The van der Waals surface area contributed by atoms with Crippen LogP contribution in [-0.2, 0) is 4.74 Å². The van der Waals surface area contributed by atoms with Gasteiger partial charge in [0.1, 0.15) is 0 Å². The molecule has 5 heteroatoms. The average Bonchev–Trinajstić information content (AvgIpc) is 2.55. The van der Waals surface area contributed by atoms with Crippen LogP contribution in [-0.4, -0.2) is 83.2 Å². The molecular weight excluding hydrogens is 268 g/mol. The van der Waals surface area contributed by atoms with E-state index in [9.17, 15) is 5.11 Å². The highest BCUT2D eigenvalue weighted by Crippen LogP contribution is 2.42. The van der Waals surface area contributed by atoms with E-state index in [0.717, 1.165) is 45.7 Å². The Morgan fingerprint density at radius 1 is 1.00 bits per heavy atom. The molecule has 2 saturated heterocycles. The van der Waals surface area contributed by atoms with Crippen molar-refractivity contribution < 1.29 is 14.9 Å². The minimum absolute atomic E-state index is 0.136. The van der Waals surface area contributed by atoms with Crippen LogP contribution in [0.3, 0.4) is 0 Å². The van der Waals surface area contributed by atoms with Crippen LogP contribution in [0.1, 0.15) is 34.1 Å². The van der Waals surface area contributed by atoms with Crippen LogP contribution in [0.15, 0.2) is 0 Å². The largest absolute Gasteiger partial charge is 0.395 e. The van der Waals surface area contributed by atoms with Gasteiger partial charge in [-0.3, -0.25) is 4.90 Å². The summed E-state index contributed by atoms with van der Waals surface area (Å²) in [6, 6.07) is 0. The zero-order valence-corrected chi connectivity index (χ0v) is 14.0. The number of aliphatic hydroxyl groups is 2. The second-order valence-electron chi connectivity index (χ2n) is 7.58. The molecule has 2 aliphatic heterocycles. The number of hydrogen-bond donors (Lipinski definition) is 2. The normalized spacial score (nSPS) is 34.0. The molecule has 2 aliphatic rings. The van der Waals surface area contributed by atoms with E-state index in [4.69, 9.17) is 9.84 Å². The molecule has 0 aromatic rings. The first-order chi connectivity index (χ1) is 9.76. The molecule has 0 amide bonds. The topological polar surface area (TPSA) is 56.2 Å². The van der Waals surface area contributed by atoms with Crippen molar-refractivity contribution in [2.24, 2.45) is 5.92 Å². The summed E-state index contributed by atoms with van der Waals surface area (Å²) < 4.78 is 6.07. The summed E-state index contributed by atoms with van der Waals surface area (Å²) in [6.45, 7) is 14.1. The minimum Gasteiger partial charge on any atom is -0.395 e. The molecule has 2 rings (SSSR count). The smallest absolute Gasteiger partial charge is 0.0896 e. The first-order valence-corrected chi connectivity index (χ1v) is 8.20. The number of rotatable bonds is 4. The maximum Gasteiger partial charge on any atom is 0.0896 e. The third-order valence-electron chi connectivity index (χ3n) is 5.06. The van der Waals surface area contributed by atoms with E-state index >= 15 is 0 Å². The van der Waals surface area contributed by atoms with E-state index in [2.05, 4.69) is 23.6 Å². The average molecular weight is 300 g/mol. The summed E-state index contributed by atoms with van der Waals surface area (Å²) in [5.41, 5.74) is -0.761. The lowest BCUT2D eigenvalue weighted by Gasteiger charge is -2.32. The van der Waals surface area contributed by atoms with Gasteiger partial charge in [-0.25, -0.2) is 0 Å².